The summed E-state index contributed by atoms with van der Waals surface area (Å²) < 4.78 is 50.8. The molecular formula is C21H24N4O7S2. The van der Waals surface area contributed by atoms with Crippen LogP contribution in [0.15, 0.2) is 57.3 Å². The third-order valence-electron chi connectivity index (χ3n) is 5.60. The van der Waals surface area contributed by atoms with E-state index in [-0.39, 0.29) is 39.7 Å². The van der Waals surface area contributed by atoms with E-state index in [2.05, 4.69) is 19.9 Å². The van der Waals surface area contributed by atoms with Crippen molar-refractivity contribution in [2.45, 2.75) is 30.2 Å². The van der Waals surface area contributed by atoms with Gasteiger partial charge in [-0.3, -0.25) is 18.6 Å². The zero-order valence-electron chi connectivity index (χ0n) is 18.2. The number of aliphatic hydroxyl groups is 1. The van der Waals surface area contributed by atoms with Crippen LogP contribution in [0.1, 0.15) is 30.9 Å². The number of sulfonamides is 1. The molecule has 0 fully saturated rings. The van der Waals surface area contributed by atoms with Crippen LogP contribution in [0.2, 0.25) is 0 Å². The second-order valence-corrected chi connectivity index (χ2v) is 11.4. The Morgan fingerprint density at radius 3 is 2.53 bits per heavy atom. The summed E-state index contributed by atoms with van der Waals surface area (Å²) in [7, 11) is -7.50. The number of anilines is 2. The predicted molar refractivity (Wildman–Crippen MR) is 130 cm³/mol. The van der Waals surface area contributed by atoms with Crippen LogP contribution in [0.3, 0.4) is 0 Å². The lowest BCUT2D eigenvalue weighted by molar-refractivity contribution is -0.127. The highest BCUT2D eigenvalue weighted by Crippen LogP contribution is 2.57. The van der Waals surface area contributed by atoms with E-state index in [0.29, 0.717) is 12.0 Å². The number of nitrogens with one attached hydrogen (secondary N) is 3. The van der Waals surface area contributed by atoms with Crippen LogP contribution in [0.5, 0.6) is 0 Å². The van der Waals surface area contributed by atoms with Gasteiger partial charge in [0.05, 0.1) is 17.6 Å². The number of hydrogen-bond donors (Lipinski definition) is 7. The molecule has 11 nitrogen and oxygen atoms in total. The van der Waals surface area contributed by atoms with E-state index in [1.165, 1.54) is 18.2 Å². The van der Waals surface area contributed by atoms with E-state index in [1.807, 2.05) is 6.92 Å². The van der Waals surface area contributed by atoms with Crippen molar-refractivity contribution < 1.29 is 32.6 Å². The second kappa shape index (κ2) is 8.37. The molecule has 0 saturated carbocycles. The van der Waals surface area contributed by atoms with E-state index in [1.54, 1.807) is 24.3 Å². The zero-order valence-corrected chi connectivity index (χ0v) is 19.9. The number of rotatable bonds is 6. The fourth-order valence-electron chi connectivity index (χ4n) is 4.21. The lowest BCUT2D eigenvalue weighted by Gasteiger charge is -2.39. The van der Waals surface area contributed by atoms with Crippen molar-refractivity contribution in [2.24, 2.45) is 4.40 Å². The number of fused-ring (bicyclic) bond motifs is 2. The average Bonchev–Trinajstić information content (AvgIpc) is 2.76. The lowest BCUT2D eigenvalue weighted by atomic mass is 9.72. The highest BCUT2D eigenvalue weighted by atomic mass is 32.3. The van der Waals surface area contributed by atoms with Gasteiger partial charge in [-0.25, -0.2) is 8.42 Å². The van der Waals surface area contributed by atoms with Gasteiger partial charge in [0.25, 0.3) is 0 Å². The van der Waals surface area contributed by atoms with Crippen molar-refractivity contribution in [1.82, 2.24) is 5.48 Å². The van der Waals surface area contributed by atoms with Gasteiger partial charge in [0.1, 0.15) is 21.8 Å². The molecule has 0 spiro atoms. The summed E-state index contributed by atoms with van der Waals surface area (Å²) in [6, 6.07) is 10.6. The Hall–Kier alpha value is -2.94. The molecule has 13 heteroatoms. The van der Waals surface area contributed by atoms with Gasteiger partial charge in [0.15, 0.2) is 11.6 Å². The fraction of sp³-hybridized carbons (Fsp3) is 0.238. The highest BCUT2D eigenvalue weighted by molar-refractivity contribution is 8.23. The van der Waals surface area contributed by atoms with E-state index < -0.39 is 37.9 Å². The first-order valence-corrected chi connectivity index (χ1v) is 13.6. The molecule has 34 heavy (non-hydrogen) atoms. The Balaban J connectivity index is 1.86. The molecular weight excluding hydrogens is 484 g/mol. The summed E-state index contributed by atoms with van der Waals surface area (Å²) in [4.78, 5) is 13.6. The van der Waals surface area contributed by atoms with Crippen LogP contribution in [0, 0.1) is 0 Å². The first-order valence-electron chi connectivity index (χ1n) is 10.2. The molecule has 1 unspecified atom stereocenters. The normalized spacial score (nSPS) is 22.3. The molecule has 2 aromatic rings. The molecule has 1 aliphatic carbocycles. The fourth-order valence-corrected chi connectivity index (χ4v) is 5.96. The highest BCUT2D eigenvalue weighted by Gasteiger charge is 2.49. The Kier molecular flexibility index (Phi) is 5.96. The second-order valence-electron chi connectivity index (χ2n) is 8.03. The number of hydroxylamine groups is 1. The van der Waals surface area contributed by atoms with Crippen LogP contribution < -0.4 is 15.5 Å². The smallest absolute Gasteiger partial charge is 0.229 e. The number of hydrogen-bond acceptors (Lipinski definition) is 10. The molecule has 0 saturated heterocycles. The topological polar surface area (TPSA) is 181 Å². The van der Waals surface area contributed by atoms with Gasteiger partial charge in [-0.15, -0.1) is 4.40 Å². The number of aliphatic hydroxyl groups excluding tert-OH is 1. The minimum atomic E-state index is -3.89. The Morgan fingerprint density at radius 2 is 1.88 bits per heavy atom. The van der Waals surface area contributed by atoms with Crippen LogP contribution in [0.25, 0.3) is 5.76 Å². The maximum Gasteiger partial charge on any atom is 0.229 e. The number of carbonyl (C=O) groups is 1. The van der Waals surface area contributed by atoms with Gasteiger partial charge in [-0.2, -0.15) is 5.48 Å². The van der Waals surface area contributed by atoms with E-state index in [0.717, 1.165) is 6.26 Å². The summed E-state index contributed by atoms with van der Waals surface area (Å²) in [5.41, 5.74) is 1.14. The molecule has 1 atom stereocenters. The van der Waals surface area contributed by atoms with Crippen molar-refractivity contribution in [1.29, 1.82) is 0 Å². The molecule has 4 rings (SSSR count). The number of ketones is 1. The van der Waals surface area contributed by atoms with Gasteiger partial charge in [0.2, 0.25) is 10.0 Å². The van der Waals surface area contributed by atoms with Crippen LogP contribution in [-0.2, 0) is 20.4 Å². The Morgan fingerprint density at radius 1 is 1.18 bits per heavy atom. The average molecular weight is 509 g/mol. The van der Waals surface area contributed by atoms with Gasteiger partial charge in [-0.05, 0) is 30.2 Å². The minimum absolute atomic E-state index is 0.0891. The molecule has 1 heterocycles. The number of nitrogens with zero attached hydrogens (tertiary/aromatic N) is 1. The molecule has 0 bridgehead atoms. The maximum absolute atomic E-state index is 13.7. The number of carbonyl (C=O) groups excluding carboxylic acids is 1. The van der Waals surface area contributed by atoms with Crippen LogP contribution in [0.4, 0.5) is 11.4 Å². The monoisotopic (exact) mass is 508 g/mol. The molecule has 0 radical (unpaired) electrons. The van der Waals surface area contributed by atoms with Crippen molar-refractivity contribution in [3.05, 3.63) is 59.2 Å². The molecule has 1 aliphatic heterocycles. The van der Waals surface area contributed by atoms with Gasteiger partial charge >= 0.3 is 0 Å². The van der Waals surface area contributed by atoms with Crippen LogP contribution in [-0.4, -0.2) is 45.7 Å². The zero-order chi connectivity index (χ0) is 24.9. The minimum Gasteiger partial charge on any atom is -0.506 e. The van der Waals surface area contributed by atoms with Gasteiger partial charge in [-0.1, -0.05) is 48.4 Å². The van der Waals surface area contributed by atoms with Crippen LogP contribution >= 0.6 is 10.8 Å². The third-order valence-corrected chi connectivity index (χ3v) is 7.57. The van der Waals surface area contributed by atoms with Gasteiger partial charge < -0.3 is 15.6 Å². The summed E-state index contributed by atoms with van der Waals surface area (Å²) in [5.74, 6) is -1.42. The number of amidine groups is 1. The summed E-state index contributed by atoms with van der Waals surface area (Å²) in [6.07, 6.45) is 1.66. The maximum atomic E-state index is 13.7. The molecule has 0 aromatic heterocycles. The third kappa shape index (κ3) is 3.96. The first kappa shape index (κ1) is 24.2. The largest absolute Gasteiger partial charge is 0.506 e. The first-order chi connectivity index (χ1) is 15.9. The molecule has 2 aliphatic rings. The molecule has 2 aromatic carbocycles. The Labute approximate surface area is 197 Å². The van der Waals surface area contributed by atoms with E-state index in [4.69, 9.17) is 0 Å². The summed E-state index contributed by atoms with van der Waals surface area (Å²) >= 11 is 0. The van der Waals surface area contributed by atoms with Gasteiger partial charge in [0, 0.05) is 5.56 Å². The predicted octanol–water partition coefficient (Wildman–Crippen LogP) is 3.43. The Bertz CT molecular complexity index is 1350. The quantitative estimate of drug-likeness (QED) is 0.288. The standard InChI is InChI=1S/C21H24N4O7S2/c1-3-10-21(25-28)14-7-5-4-6-13(14)18(26)17(19(21)27)20-22-15-9-8-12(23-33(2,29)30)11-16(15)34(31,32)24-20/h4-9,11,23,25-26,28,31-32H,3,10H2,1-2H3,(H,22,24). The van der Waals surface area contributed by atoms with Crippen molar-refractivity contribution in [3.63, 3.8) is 0 Å². The lowest BCUT2D eigenvalue weighted by Crippen LogP contribution is -2.52. The summed E-state index contributed by atoms with van der Waals surface area (Å²) in [5, 5.41) is 24.0. The molecule has 182 valence electrons. The number of benzene rings is 2. The van der Waals surface area contributed by atoms with Crippen molar-refractivity contribution in [3.8, 4) is 0 Å². The molecule has 7 N–H and O–H groups in total. The van der Waals surface area contributed by atoms with Crippen molar-refractivity contribution >= 4 is 49.6 Å². The SMILES string of the molecule is CCCC1(NO)C(=O)C(C2=NS(O)(O)c3cc(NS(C)(=O)=O)ccc3N2)=C(O)c2ccccc21. The van der Waals surface area contributed by atoms with E-state index >= 15 is 0 Å². The summed E-state index contributed by atoms with van der Waals surface area (Å²) in [6.45, 7) is 1.83. The molecule has 0 amide bonds. The number of Topliss-reactive ketones (excluding diaryl/α,β-unsaturated/α-hetero) is 1. The van der Waals surface area contributed by atoms with Crippen molar-refractivity contribution in [2.75, 3.05) is 16.3 Å². The van der Waals surface area contributed by atoms with E-state index in [9.17, 15) is 32.6 Å².